The monoisotopic (exact) mass is 340 g/mol. The number of fused-ring (bicyclic) bond motifs is 5. The summed E-state index contributed by atoms with van der Waals surface area (Å²) in [7, 11) is 1.46. The first kappa shape index (κ1) is 15.8. The van der Waals surface area contributed by atoms with Crippen molar-refractivity contribution in [2.75, 3.05) is 7.11 Å². The van der Waals surface area contributed by atoms with Gasteiger partial charge < -0.3 is 20.1 Å². The number of aromatic hydroxyl groups is 1. The smallest absolute Gasteiger partial charge is 0.194 e. The zero-order valence-electron chi connectivity index (χ0n) is 13.6. The van der Waals surface area contributed by atoms with Crippen LogP contribution in [0.25, 0.3) is 11.1 Å². The number of methoxy groups -OCH3 is 1. The fraction of sp³-hybridized carbons (Fsp3) is 0.263. The molecule has 0 unspecified atom stereocenters. The number of benzene rings is 2. The van der Waals surface area contributed by atoms with Gasteiger partial charge in [0.05, 0.1) is 13.2 Å². The lowest BCUT2D eigenvalue weighted by Crippen LogP contribution is -2.38. The Bertz CT molecular complexity index is 945. The van der Waals surface area contributed by atoms with Gasteiger partial charge in [-0.25, -0.2) is 0 Å². The molecule has 128 valence electrons. The van der Waals surface area contributed by atoms with E-state index in [1.54, 1.807) is 18.2 Å². The average molecular weight is 340 g/mol. The van der Waals surface area contributed by atoms with Crippen LogP contribution < -0.4 is 4.74 Å². The van der Waals surface area contributed by atoms with Crippen LogP contribution in [-0.2, 0) is 0 Å². The van der Waals surface area contributed by atoms with Crippen LogP contribution >= 0.6 is 0 Å². The average Bonchev–Trinajstić information content (AvgIpc) is 2.92. The number of hydrogen-bond donors (Lipinski definition) is 3. The van der Waals surface area contributed by atoms with E-state index in [0.717, 1.165) is 0 Å². The Morgan fingerprint density at radius 1 is 1.04 bits per heavy atom. The van der Waals surface area contributed by atoms with Crippen molar-refractivity contribution >= 4 is 11.6 Å². The molecule has 0 fully saturated rings. The number of hydrogen-bond acceptors (Lipinski definition) is 6. The summed E-state index contributed by atoms with van der Waals surface area (Å²) in [5, 5.41) is 31.3. The number of phenolic OH excluding ortho intramolecular Hbond substituents is 1. The van der Waals surface area contributed by atoms with E-state index in [-0.39, 0.29) is 28.0 Å². The summed E-state index contributed by atoms with van der Waals surface area (Å²) >= 11 is 0. The number of aliphatic hydroxyl groups excluding tert-OH is 2. The summed E-state index contributed by atoms with van der Waals surface area (Å²) < 4.78 is 5.31. The standard InChI is InChI=1S/C19H16O6/c1-7-16(21)9-6-10(20)14-12-8(4-3-5-11(12)25-2)18(23)15(14)13(9)19(24)17(7)22/h3-7,17,19-20,22,24H,1-2H3/t7-,17-,19-/m1/s1. The largest absolute Gasteiger partial charge is 0.507 e. The predicted molar refractivity (Wildman–Crippen MR) is 88.0 cm³/mol. The third-order valence-corrected chi connectivity index (χ3v) is 5.13. The normalized spacial score (nSPS) is 23.9. The zero-order valence-corrected chi connectivity index (χ0v) is 13.6. The minimum atomic E-state index is -1.39. The van der Waals surface area contributed by atoms with Crippen molar-refractivity contribution in [3.63, 3.8) is 0 Å². The molecule has 6 heteroatoms. The van der Waals surface area contributed by atoms with Gasteiger partial charge in [-0.05, 0) is 12.1 Å². The molecular formula is C19H16O6. The van der Waals surface area contributed by atoms with Crippen molar-refractivity contribution in [3.05, 3.63) is 46.5 Å². The van der Waals surface area contributed by atoms with E-state index >= 15 is 0 Å². The van der Waals surface area contributed by atoms with E-state index in [9.17, 15) is 24.9 Å². The Kier molecular flexibility index (Phi) is 3.25. The molecule has 0 aromatic heterocycles. The first-order valence-electron chi connectivity index (χ1n) is 7.90. The van der Waals surface area contributed by atoms with Gasteiger partial charge >= 0.3 is 0 Å². The molecular weight excluding hydrogens is 324 g/mol. The number of rotatable bonds is 1. The molecule has 0 heterocycles. The second kappa shape index (κ2) is 5.15. The van der Waals surface area contributed by atoms with E-state index in [1.807, 2.05) is 0 Å². The highest BCUT2D eigenvalue weighted by atomic mass is 16.5. The molecule has 2 aromatic rings. The summed E-state index contributed by atoms with van der Waals surface area (Å²) in [4.78, 5) is 25.5. The minimum absolute atomic E-state index is 0.0568. The van der Waals surface area contributed by atoms with Crippen LogP contribution in [0.2, 0.25) is 0 Å². The Labute approximate surface area is 143 Å². The third kappa shape index (κ3) is 1.86. The van der Waals surface area contributed by atoms with Gasteiger partial charge in [0.2, 0.25) is 0 Å². The quantitative estimate of drug-likeness (QED) is 0.624. The summed E-state index contributed by atoms with van der Waals surface area (Å²) in [6, 6.07) is 6.18. The second-order valence-electron chi connectivity index (χ2n) is 6.41. The van der Waals surface area contributed by atoms with Gasteiger partial charge in [0, 0.05) is 39.3 Å². The van der Waals surface area contributed by atoms with Crippen molar-refractivity contribution in [2.45, 2.75) is 19.1 Å². The molecule has 0 aliphatic heterocycles. The molecule has 0 spiro atoms. The van der Waals surface area contributed by atoms with E-state index in [2.05, 4.69) is 0 Å². The fourth-order valence-electron chi connectivity index (χ4n) is 3.81. The molecule has 0 saturated carbocycles. The summed E-state index contributed by atoms with van der Waals surface area (Å²) in [6.07, 6.45) is -2.70. The Balaban J connectivity index is 2.11. The molecule has 4 rings (SSSR count). The number of phenols is 1. The third-order valence-electron chi connectivity index (χ3n) is 5.13. The van der Waals surface area contributed by atoms with E-state index in [1.165, 1.54) is 20.1 Å². The van der Waals surface area contributed by atoms with Crippen molar-refractivity contribution in [3.8, 4) is 22.6 Å². The van der Waals surface area contributed by atoms with Crippen molar-refractivity contribution in [1.29, 1.82) is 0 Å². The number of ketones is 2. The lowest BCUT2D eigenvalue weighted by atomic mass is 9.76. The molecule has 6 nitrogen and oxygen atoms in total. The van der Waals surface area contributed by atoms with E-state index < -0.39 is 29.7 Å². The van der Waals surface area contributed by atoms with Gasteiger partial charge in [0.15, 0.2) is 11.6 Å². The highest BCUT2D eigenvalue weighted by molar-refractivity contribution is 6.25. The number of Topliss-reactive ketones (excluding diaryl/α,β-unsaturated/α-hetero) is 1. The van der Waals surface area contributed by atoms with Crippen LogP contribution in [0.15, 0.2) is 24.3 Å². The molecule has 0 amide bonds. The molecule has 3 N–H and O–H groups in total. The summed E-state index contributed by atoms with van der Waals surface area (Å²) in [5.41, 5.74) is 1.18. The number of carbonyl (C=O) groups is 2. The number of aliphatic hydroxyl groups is 2. The first-order valence-corrected chi connectivity index (χ1v) is 7.90. The molecule has 2 aliphatic rings. The number of ether oxygens (including phenoxy) is 1. The van der Waals surface area contributed by atoms with Crippen molar-refractivity contribution in [1.82, 2.24) is 0 Å². The van der Waals surface area contributed by atoms with Crippen molar-refractivity contribution in [2.24, 2.45) is 5.92 Å². The molecule has 25 heavy (non-hydrogen) atoms. The van der Waals surface area contributed by atoms with Crippen molar-refractivity contribution < 1.29 is 29.6 Å². The van der Waals surface area contributed by atoms with Crippen LogP contribution in [0.5, 0.6) is 11.5 Å². The van der Waals surface area contributed by atoms with Gasteiger partial charge in [-0.15, -0.1) is 0 Å². The van der Waals surface area contributed by atoms with Gasteiger partial charge in [-0.3, -0.25) is 9.59 Å². The number of carbonyl (C=O) groups excluding carboxylic acids is 2. The maximum atomic E-state index is 13.0. The van der Waals surface area contributed by atoms with Gasteiger partial charge in [0.1, 0.15) is 17.6 Å². The van der Waals surface area contributed by atoms with Gasteiger partial charge in [0.25, 0.3) is 0 Å². The SMILES string of the molecule is COc1cccc2c1-c1c(O)cc3c(c1C2=O)[C@@H](O)[C@H](O)[C@H](C)C3=O. The molecule has 0 bridgehead atoms. The van der Waals surface area contributed by atoms with E-state index in [0.29, 0.717) is 16.9 Å². The highest BCUT2D eigenvalue weighted by Gasteiger charge is 2.45. The lowest BCUT2D eigenvalue weighted by Gasteiger charge is -2.32. The molecule has 2 aromatic carbocycles. The fourth-order valence-corrected chi connectivity index (χ4v) is 3.81. The maximum absolute atomic E-state index is 13.0. The second-order valence-corrected chi connectivity index (χ2v) is 6.41. The summed E-state index contributed by atoms with van der Waals surface area (Å²) in [6.45, 7) is 1.50. The summed E-state index contributed by atoms with van der Waals surface area (Å²) in [5.74, 6) is -1.47. The predicted octanol–water partition coefficient (Wildman–Crippen LogP) is 1.84. The maximum Gasteiger partial charge on any atom is 0.194 e. The lowest BCUT2D eigenvalue weighted by molar-refractivity contribution is -0.0158. The van der Waals surface area contributed by atoms with Crippen LogP contribution in [0.4, 0.5) is 0 Å². The highest BCUT2D eigenvalue weighted by Crippen LogP contribution is 2.51. The van der Waals surface area contributed by atoms with Crippen LogP contribution in [0.1, 0.15) is 44.9 Å². The van der Waals surface area contributed by atoms with E-state index in [4.69, 9.17) is 4.74 Å². The van der Waals surface area contributed by atoms with Gasteiger partial charge in [-0.2, -0.15) is 0 Å². The van der Waals surface area contributed by atoms with Crippen LogP contribution in [-0.4, -0.2) is 40.1 Å². The topological polar surface area (TPSA) is 104 Å². The molecule has 3 atom stereocenters. The molecule has 0 saturated heterocycles. The minimum Gasteiger partial charge on any atom is -0.507 e. The first-order chi connectivity index (χ1) is 11.9. The van der Waals surface area contributed by atoms with Crippen LogP contribution in [0, 0.1) is 5.92 Å². The Morgan fingerprint density at radius 3 is 2.44 bits per heavy atom. The Hall–Kier alpha value is -2.70. The van der Waals surface area contributed by atoms with Gasteiger partial charge in [-0.1, -0.05) is 19.1 Å². The molecule has 2 aliphatic carbocycles. The molecule has 0 radical (unpaired) electrons. The Morgan fingerprint density at radius 2 is 1.76 bits per heavy atom. The zero-order chi connectivity index (χ0) is 18.0. The van der Waals surface area contributed by atoms with Crippen LogP contribution in [0.3, 0.4) is 0 Å².